The van der Waals surface area contributed by atoms with Crippen molar-refractivity contribution >= 4 is 28.8 Å². The zero-order valence-electron chi connectivity index (χ0n) is 10.4. The predicted molar refractivity (Wildman–Crippen MR) is 72.0 cm³/mol. The number of thiazole rings is 1. The van der Waals surface area contributed by atoms with Gasteiger partial charge in [-0.2, -0.15) is 4.98 Å². The van der Waals surface area contributed by atoms with Crippen LogP contribution < -0.4 is 11.1 Å². The highest BCUT2D eigenvalue weighted by molar-refractivity contribution is 7.09. The fourth-order valence-corrected chi connectivity index (χ4v) is 2.31. The largest absolute Gasteiger partial charge is 0.368 e. The van der Waals surface area contributed by atoms with E-state index in [2.05, 4.69) is 20.3 Å². The maximum Gasteiger partial charge on any atom is 0.332 e. The lowest BCUT2D eigenvalue weighted by Crippen LogP contribution is -2.09. The molecule has 0 bridgehead atoms. The Morgan fingerprint density at radius 2 is 2.16 bits per heavy atom. The van der Waals surface area contributed by atoms with Gasteiger partial charge in [-0.15, -0.1) is 11.3 Å². The zero-order chi connectivity index (χ0) is 14.0. The minimum absolute atomic E-state index is 0.00614. The molecule has 8 nitrogen and oxygen atoms in total. The summed E-state index contributed by atoms with van der Waals surface area (Å²) in [6, 6.07) is 0. The number of anilines is 2. The van der Waals surface area contributed by atoms with Crippen molar-refractivity contribution in [2.75, 3.05) is 11.1 Å². The topological polar surface area (TPSA) is 120 Å². The summed E-state index contributed by atoms with van der Waals surface area (Å²) >= 11 is 1.47. The lowest BCUT2D eigenvalue weighted by Gasteiger charge is -2.07. The molecule has 0 unspecified atom stereocenters. The van der Waals surface area contributed by atoms with E-state index in [0.717, 1.165) is 10.6 Å². The van der Waals surface area contributed by atoms with E-state index in [0.29, 0.717) is 6.54 Å². The number of rotatable bonds is 4. The van der Waals surface area contributed by atoms with E-state index in [9.17, 15) is 10.1 Å². The lowest BCUT2D eigenvalue weighted by molar-refractivity contribution is -0.385. The highest BCUT2D eigenvalue weighted by Gasteiger charge is 2.21. The fourth-order valence-electron chi connectivity index (χ4n) is 1.59. The van der Waals surface area contributed by atoms with Crippen LogP contribution >= 0.6 is 11.3 Å². The van der Waals surface area contributed by atoms with Crippen molar-refractivity contribution in [3.8, 4) is 0 Å². The minimum atomic E-state index is -0.517. The first-order valence-electron chi connectivity index (χ1n) is 5.40. The van der Waals surface area contributed by atoms with Crippen molar-refractivity contribution in [2.45, 2.75) is 20.4 Å². The van der Waals surface area contributed by atoms with Crippen LogP contribution in [0.4, 0.5) is 17.5 Å². The normalized spacial score (nSPS) is 10.4. The van der Waals surface area contributed by atoms with Gasteiger partial charge in [-0.25, -0.2) is 9.97 Å². The average Bonchev–Trinajstić information content (AvgIpc) is 2.70. The Balaban J connectivity index is 2.29. The van der Waals surface area contributed by atoms with Gasteiger partial charge < -0.3 is 11.1 Å². The molecule has 2 heterocycles. The lowest BCUT2D eigenvalue weighted by atomic mass is 10.3. The first-order valence-corrected chi connectivity index (χ1v) is 6.28. The zero-order valence-corrected chi connectivity index (χ0v) is 11.2. The van der Waals surface area contributed by atoms with Gasteiger partial charge in [-0.05, 0) is 13.8 Å². The van der Waals surface area contributed by atoms with E-state index in [1.165, 1.54) is 18.3 Å². The summed E-state index contributed by atoms with van der Waals surface area (Å²) in [4.78, 5) is 23.3. The number of hydrogen-bond acceptors (Lipinski definition) is 8. The summed E-state index contributed by atoms with van der Waals surface area (Å²) in [6.07, 6.45) is 0. The molecule has 0 aliphatic rings. The molecular weight excluding hydrogens is 268 g/mol. The molecule has 19 heavy (non-hydrogen) atoms. The van der Waals surface area contributed by atoms with Crippen LogP contribution in [0.1, 0.15) is 16.3 Å². The first kappa shape index (κ1) is 13.1. The SMILES string of the molecule is Cc1ncsc1CNc1nc(N)nc(C)c1[N+](=O)[O-]. The summed E-state index contributed by atoms with van der Waals surface area (Å²) in [5.74, 6) is 0.134. The Hall–Kier alpha value is -2.29. The average molecular weight is 280 g/mol. The third-order valence-electron chi connectivity index (χ3n) is 2.52. The Bertz CT molecular complexity index is 626. The summed E-state index contributed by atoms with van der Waals surface area (Å²) < 4.78 is 0. The van der Waals surface area contributed by atoms with E-state index in [-0.39, 0.29) is 23.1 Å². The number of aromatic nitrogens is 3. The molecule has 3 N–H and O–H groups in total. The third-order valence-corrected chi connectivity index (χ3v) is 3.45. The van der Waals surface area contributed by atoms with E-state index >= 15 is 0 Å². The van der Waals surface area contributed by atoms with Crippen LogP contribution in [0.15, 0.2) is 5.51 Å². The van der Waals surface area contributed by atoms with Crippen molar-refractivity contribution in [3.05, 3.63) is 31.9 Å². The second kappa shape index (κ2) is 5.14. The van der Waals surface area contributed by atoms with Crippen molar-refractivity contribution in [1.82, 2.24) is 15.0 Å². The van der Waals surface area contributed by atoms with Gasteiger partial charge in [0.15, 0.2) is 0 Å². The van der Waals surface area contributed by atoms with Gasteiger partial charge >= 0.3 is 5.69 Å². The Morgan fingerprint density at radius 3 is 2.74 bits per heavy atom. The Labute approximate surface area is 112 Å². The van der Waals surface area contributed by atoms with Crippen LogP contribution in [0.2, 0.25) is 0 Å². The monoisotopic (exact) mass is 280 g/mol. The molecule has 2 aromatic rings. The molecule has 0 radical (unpaired) electrons. The molecule has 0 saturated heterocycles. The maximum absolute atomic E-state index is 11.0. The van der Waals surface area contributed by atoms with Crippen LogP contribution in [0.3, 0.4) is 0 Å². The molecular formula is C10H12N6O2S. The van der Waals surface area contributed by atoms with Gasteiger partial charge in [0, 0.05) is 4.88 Å². The van der Waals surface area contributed by atoms with E-state index in [1.54, 1.807) is 5.51 Å². The second-order valence-electron chi connectivity index (χ2n) is 3.84. The summed E-state index contributed by atoms with van der Waals surface area (Å²) in [5, 5.41) is 13.9. The molecule has 0 amide bonds. The van der Waals surface area contributed by atoms with Crippen molar-refractivity contribution in [1.29, 1.82) is 0 Å². The highest BCUT2D eigenvalue weighted by atomic mass is 32.1. The number of nitrogen functional groups attached to an aromatic ring is 1. The number of nitrogens with one attached hydrogen (secondary N) is 1. The standard InChI is InChI=1S/C10H12N6O2S/c1-5-7(19-4-13-5)3-12-9-8(16(17)18)6(2)14-10(11)15-9/h4H,3H2,1-2H3,(H3,11,12,14,15). The Kier molecular flexibility index (Phi) is 3.56. The molecule has 0 saturated carbocycles. The van der Waals surface area contributed by atoms with Crippen molar-refractivity contribution in [2.24, 2.45) is 0 Å². The van der Waals surface area contributed by atoms with Gasteiger partial charge in [0.25, 0.3) is 0 Å². The molecule has 0 aliphatic carbocycles. The summed E-state index contributed by atoms with van der Waals surface area (Å²) in [6.45, 7) is 3.81. The molecule has 9 heteroatoms. The van der Waals surface area contributed by atoms with E-state index < -0.39 is 4.92 Å². The van der Waals surface area contributed by atoms with Crippen LogP contribution in [0.5, 0.6) is 0 Å². The van der Waals surface area contributed by atoms with Gasteiger partial charge in [0.2, 0.25) is 11.8 Å². The minimum Gasteiger partial charge on any atom is -0.368 e. The van der Waals surface area contributed by atoms with Gasteiger partial charge in [-0.3, -0.25) is 10.1 Å². The molecule has 0 atom stereocenters. The van der Waals surface area contributed by atoms with Crippen LogP contribution in [0, 0.1) is 24.0 Å². The smallest absolute Gasteiger partial charge is 0.332 e. The van der Waals surface area contributed by atoms with Crippen molar-refractivity contribution < 1.29 is 4.92 Å². The summed E-state index contributed by atoms with van der Waals surface area (Å²) in [5.41, 5.74) is 8.20. The Morgan fingerprint density at radius 1 is 1.42 bits per heavy atom. The molecule has 2 rings (SSSR count). The predicted octanol–water partition coefficient (Wildman–Crippen LogP) is 1.65. The summed E-state index contributed by atoms with van der Waals surface area (Å²) in [7, 11) is 0. The molecule has 0 aliphatic heterocycles. The number of nitrogens with zero attached hydrogens (tertiary/aromatic N) is 4. The number of nitrogens with two attached hydrogens (primary N) is 1. The maximum atomic E-state index is 11.0. The highest BCUT2D eigenvalue weighted by Crippen LogP contribution is 2.26. The van der Waals surface area contributed by atoms with E-state index in [1.807, 2.05) is 6.92 Å². The third kappa shape index (κ3) is 2.76. The number of hydrogen-bond donors (Lipinski definition) is 2. The molecule has 0 fully saturated rings. The molecule has 100 valence electrons. The van der Waals surface area contributed by atoms with Gasteiger partial charge in [-0.1, -0.05) is 0 Å². The van der Waals surface area contributed by atoms with Crippen LogP contribution in [-0.2, 0) is 6.54 Å². The van der Waals surface area contributed by atoms with Crippen LogP contribution in [-0.4, -0.2) is 19.9 Å². The second-order valence-corrected chi connectivity index (χ2v) is 4.78. The van der Waals surface area contributed by atoms with Gasteiger partial charge in [0.1, 0.15) is 5.69 Å². The molecule has 2 aromatic heterocycles. The van der Waals surface area contributed by atoms with Crippen LogP contribution in [0.25, 0.3) is 0 Å². The number of nitro groups is 1. The van der Waals surface area contributed by atoms with E-state index in [4.69, 9.17) is 5.73 Å². The fraction of sp³-hybridized carbons (Fsp3) is 0.300. The van der Waals surface area contributed by atoms with Crippen molar-refractivity contribution in [3.63, 3.8) is 0 Å². The first-order chi connectivity index (χ1) is 8.99. The number of aryl methyl sites for hydroxylation is 2. The quantitative estimate of drug-likeness (QED) is 0.645. The van der Waals surface area contributed by atoms with Gasteiger partial charge in [0.05, 0.1) is 22.7 Å². The molecule has 0 aromatic carbocycles. The molecule has 0 spiro atoms.